The summed E-state index contributed by atoms with van der Waals surface area (Å²) < 4.78 is 24.8. The van der Waals surface area contributed by atoms with Crippen molar-refractivity contribution < 1.29 is 8.42 Å². The predicted molar refractivity (Wildman–Crippen MR) is 76.1 cm³/mol. The summed E-state index contributed by atoms with van der Waals surface area (Å²) in [4.78, 5) is 0. The van der Waals surface area contributed by atoms with Gasteiger partial charge in [-0.2, -0.15) is 0 Å². The Morgan fingerprint density at radius 3 is 2.44 bits per heavy atom. The van der Waals surface area contributed by atoms with Gasteiger partial charge in [0.15, 0.2) is 0 Å². The Labute approximate surface area is 112 Å². The molecule has 4 nitrogen and oxygen atoms in total. The molecule has 0 aromatic carbocycles. The van der Waals surface area contributed by atoms with Gasteiger partial charge in [0.05, 0.1) is 6.26 Å². The van der Waals surface area contributed by atoms with Crippen molar-refractivity contribution in [3.05, 3.63) is 0 Å². The van der Waals surface area contributed by atoms with Gasteiger partial charge < -0.3 is 5.32 Å². The molecule has 1 N–H and O–H groups in total. The molecule has 0 aliphatic carbocycles. The van der Waals surface area contributed by atoms with Gasteiger partial charge in [-0.25, -0.2) is 12.7 Å². The zero-order valence-electron chi connectivity index (χ0n) is 12.4. The van der Waals surface area contributed by atoms with Crippen molar-refractivity contribution in [2.75, 3.05) is 26.4 Å². The minimum Gasteiger partial charge on any atom is -0.316 e. The van der Waals surface area contributed by atoms with E-state index in [-0.39, 0.29) is 5.41 Å². The summed E-state index contributed by atoms with van der Waals surface area (Å²) >= 11 is 0. The number of hydrogen-bond acceptors (Lipinski definition) is 3. The summed E-state index contributed by atoms with van der Waals surface area (Å²) in [6.07, 6.45) is 4.49. The fourth-order valence-corrected chi connectivity index (χ4v) is 3.70. The minimum absolute atomic E-state index is 0.210. The van der Waals surface area contributed by atoms with Crippen LogP contribution in [0.2, 0.25) is 0 Å². The quantitative estimate of drug-likeness (QED) is 0.850. The third-order valence-electron chi connectivity index (χ3n) is 3.91. The molecule has 5 heteroatoms. The van der Waals surface area contributed by atoms with Crippen LogP contribution in [-0.4, -0.2) is 45.2 Å². The van der Waals surface area contributed by atoms with Crippen LogP contribution >= 0.6 is 0 Å². The summed E-state index contributed by atoms with van der Waals surface area (Å²) in [7, 11) is -1.03. The summed E-state index contributed by atoms with van der Waals surface area (Å²) in [6.45, 7) is 8.06. The first-order chi connectivity index (χ1) is 8.14. The largest absolute Gasteiger partial charge is 0.316 e. The molecule has 18 heavy (non-hydrogen) atoms. The highest BCUT2D eigenvalue weighted by molar-refractivity contribution is 7.88. The first kappa shape index (κ1) is 15.9. The Bertz CT molecular complexity index is 360. The van der Waals surface area contributed by atoms with E-state index in [0.29, 0.717) is 25.0 Å². The molecule has 1 fully saturated rings. The maximum Gasteiger partial charge on any atom is 0.211 e. The van der Waals surface area contributed by atoms with Gasteiger partial charge in [0.1, 0.15) is 0 Å². The second-order valence-corrected chi connectivity index (χ2v) is 8.55. The van der Waals surface area contributed by atoms with Crippen LogP contribution in [-0.2, 0) is 10.0 Å². The van der Waals surface area contributed by atoms with Crippen LogP contribution in [0.5, 0.6) is 0 Å². The second-order valence-electron chi connectivity index (χ2n) is 6.57. The lowest BCUT2D eigenvalue weighted by Gasteiger charge is -2.37. The van der Waals surface area contributed by atoms with Gasteiger partial charge in [0.2, 0.25) is 10.0 Å². The fourth-order valence-electron chi connectivity index (χ4n) is 2.76. The number of hydrogen-bond donors (Lipinski definition) is 1. The molecule has 1 heterocycles. The van der Waals surface area contributed by atoms with E-state index in [4.69, 9.17) is 0 Å². The van der Waals surface area contributed by atoms with Gasteiger partial charge in [-0.1, -0.05) is 20.8 Å². The molecule has 1 aliphatic heterocycles. The molecule has 0 aromatic heterocycles. The second kappa shape index (κ2) is 5.88. The van der Waals surface area contributed by atoms with Gasteiger partial charge in [-0.3, -0.25) is 0 Å². The number of nitrogens with one attached hydrogen (secondary N) is 1. The van der Waals surface area contributed by atoms with Crippen LogP contribution in [0.1, 0.15) is 40.0 Å². The zero-order chi connectivity index (χ0) is 14.0. The van der Waals surface area contributed by atoms with Crippen LogP contribution in [0, 0.1) is 11.3 Å². The lowest BCUT2D eigenvalue weighted by Crippen LogP contribution is -2.44. The van der Waals surface area contributed by atoms with E-state index in [1.807, 2.05) is 7.05 Å². The molecule has 108 valence electrons. The van der Waals surface area contributed by atoms with Gasteiger partial charge in [-0.05, 0) is 37.6 Å². The SMILES string of the molecule is CNC(CC1CCCN(S(C)(=O)=O)C1)C(C)(C)C. The Hall–Kier alpha value is -0.130. The lowest BCUT2D eigenvalue weighted by molar-refractivity contribution is 0.188. The van der Waals surface area contributed by atoms with Crippen molar-refractivity contribution in [3.8, 4) is 0 Å². The Morgan fingerprint density at radius 1 is 1.39 bits per heavy atom. The van der Waals surface area contributed by atoms with Crippen LogP contribution in [0.15, 0.2) is 0 Å². The highest BCUT2D eigenvalue weighted by atomic mass is 32.2. The first-order valence-electron chi connectivity index (χ1n) is 6.77. The number of piperidine rings is 1. The molecule has 1 aliphatic rings. The Balaban J connectivity index is 2.63. The molecule has 2 atom stereocenters. The third-order valence-corrected chi connectivity index (χ3v) is 5.18. The van der Waals surface area contributed by atoms with E-state index >= 15 is 0 Å². The van der Waals surface area contributed by atoms with Crippen molar-refractivity contribution in [1.82, 2.24) is 9.62 Å². The minimum atomic E-state index is -3.02. The van der Waals surface area contributed by atoms with Gasteiger partial charge in [-0.15, -0.1) is 0 Å². The Kier molecular flexibility index (Phi) is 5.21. The van der Waals surface area contributed by atoms with E-state index in [2.05, 4.69) is 26.1 Å². The van der Waals surface area contributed by atoms with E-state index in [1.165, 1.54) is 6.26 Å². The molecular weight excluding hydrogens is 248 g/mol. The lowest BCUT2D eigenvalue weighted by atomic mass is 9.79. The van der Waals surface area contributed by atoms with Crippen LogP contribution in [0.25, 0.3) is 0 Å². The normalized spacial score (nSPS) is 25.1. The maximum absolute atomic E-state index is 11.6. The molecular formula is C13H28N2O2S. The van der Waals surface area contributed by atoms with Gasteiger partial charge in [0.25, 0.3) is 0 Å². The van der Waals surface area contributed by atoms with Crippen molar-refractivity contribution in [2.45, 2.75) is 46.1 Å². The van der Waals surface area contributed by atoms with Crippen LogP contribution in [0.3, 0.4) is 0 Å². The summed E-state index contributed by atoms with van der Waals surface area (Å²) in [6, 6.07) is 0.432. The molecule has 0 bridgehead atoms. The molecule has 0 aromatic rings. The van der Waals surface area contributed by atoms with Gasteiger partial charge in [0, 0.05) is 19.1 Å². The van der Waals surface area contributed by atoms with Crippen molar-refractivity contribution in [1.29, 1.82) is 0 Å². The number of nitrogens with zero attached hydrogens (tertiary/aromatic N) is 1. The maximum atomic E-state index is 11.6. The smallest absolute Gasteiger partial charge is 0.211 e. The molecule has 1 saturated heterocycles. The van der Waals surface area contributed by atoms with E-state index in [0.717, 1.165) is 19.3 Å². The summed E-state index contributed by atoms with van der Waals surface area (Å²) in [5.41, 5.74) is 0.210. The zero-order valence-corrected chi connectivity index (χ0v) is 13.2. The Morgan fingerprint density at radius 2 is 2.00 bits per heavy atom. The molecule has 0 amide bonds. The third kappa shape index (κ3) is 4.52. The van der Waals surface area contributed by atoms with Crippen molar-refractivity contribution in [3.63, 3.8) is 0 Å². The van der Waals surface area contributed by atoms with Gasteiger partial charge >= 0.3 is 0 Å². The number of sulfonamides is 1. The summed E-state index contributed by atoms with van der Waals surface area (Å²) in [5.74, 6) is 0.477. The monoisotopic (exact) mass is 276 g/mol. The summed E-state index contributed by atoms with van der Waals surface area (Å²) in [5, 5.41) is 3.37. The first-order valence-corrected chi connectivity index (χ1v) is 8.62. The van der Waals surface area contributed by atoms with Crippen molar-refractivity contribution >= 4 is 10.0 Å². The molecule has 1 rings (SSSR count). The number of rotatable bonds is 4. The highest BCUT2D eigenvalue weighted by Gasteiger charge is 2.31. The predicted octanol–water partition coefficient (Wildman–Crippen LogP) is 1.68. The highest BCUT2D eigenvalue weighted by Crippen LogP contribution is 2.29. The molecule has 2 unspecified atom stereocenters. The average molecular weight is 276 g/mol. The van der Waals surface area contributed by atoms with E-state index < -0.39 is 10.0 Å². The van der Waals surface area contributed by atoms with Crippen molar-refractivity contribution in [2.24, 2.45) is 11.3 Å². The van der Waals surface area contributed by atoms with E-state index in [1.54, 1.807) is 4.31 Å². The van der Waals surface area contributed by atoms with E-state index in [9.17, 15) is 8.42 Å². The topological polar surface area (TPSA) is 49.4 Å². The fraction of sp³-hybridized carbons (Fsp3) is 1.00. The van der Waals surface area contributed by atoms with Crippen LogP contribution < -0.4 is 5.32 Å². The molecule has 0 saturated carbocycles. The standard InChI is InChI=1S/C13H28N2O2S/c1-13(2,3)12(14-4)9-11-7-6-8-15(10-11)18(5,16)17/h11-12,14H,6-10H2,1-5H3. The van der Waals surface area contributed by atoms with Crippen LogP contribution in [0.4, 0.5) is 0 Å². The molecule has 0 spiro atoms. The molecule has 0 radical (unpaired) electrons. The average Bonchev–Trinajstić information content (AvgIpc) is 2.23.